The Morgan fingerprint density at radius 1 is 1.08 bits per heavy atom. The van der Waals surface area contributed by atoms with Crippen LogP contribution in [0.5, 0.6) is 0 Å². The highest BCUT2D eigenvalue weighted by Gasteiger charge is 2.29. The molecule has 0 fully saturated rings. The normalized spacial score (nSPS) is 11.1. The van der Waals surface area contributed by atoms with E-state index in [0.717, 1.165) is 12.1 Å². The number of hydrogen-bond acceptors (Lipinski definition) is 3. The first kappa shape index (κ1) is 18.4. The minimum absolute atomic E-state index is 0.00366. The van der Waals surface area contributed by atoms with Crippen molar-refractivity contribution in [2.75, 3.05) is 0 Å². The summed E-state index contributed by atoms with van der Waals surface area (Å²) in [6.45, 7) is 3.31. The Hall–Kier alpha value is -2.97. The van der Waals surface area contributed by atoms with Gasteiger partial charge >= 0.3 is 12.2 Å². The average molecular weight is 355 g/mol. The van der Waals surface area contributed by atoms with Crippen LogP contribution in [0.25, 0.3) is 0 Å². The van der Waals surface area contributed by atoms with Gasteiger partial charge in [0.15, 0.2) is 0 Å². The van der Waals surface area contributed by atoms with Crippen molar-refractivity contribution >= 4 is 11.9 Å². The molecule has 1 aromatic heterocycles. The summed E-state index contributed by atoms with van der Waals surface area (Å²) in [5, 5.41) is 2.41. The van der Waals surface area contributed by atoms with Gasteiger partial charge in [-0.05, 0) is 37.6 Å². The van der Waals surface area contributed by atoms with Crippen LogP contribution in [-0.4, -0.2) is 11.9 Å². The number of halogens is 3. The highest BCUT2D eigenvalue weighted by molar-refractivity contribution is 5.96. The Balaban J connectivity index is 1.81. The summed E-state index contributed by atoms with van der Waals surface area (Å²) in [5.74, 6) is 0.440. The maximum atomic E-state index is 12.5. The topological polar surface area (TPSA) is 83.4 Å². The molecule has 0 radical (unpaired) electrons. The summed E-state index contributed by atoms with van der Waals surface area (Å²) in [6, 6.07) is 5.22. The third-order valence-corrected chi connectivity index (χ3v) is 3.31. The van der Waals surface area contributed by atoms with Crippen molar-refractivity contribution < 1.29 is 27.2 Å². The van der Waals surface area contributed by atoms with Gasteiger partial charge in [-0.2, -0.15) is 13.2 Å². The lowest BCUT2D eigenvalue weighted by Gasteiger charge is -2.10. The predicted molar refractivity (Wildman–Crippen MR) is 82.5 cm³/mol. The van der Waals surface area contributed by atoms with E-state index in [1.807, 2.05) is 0 Å². The quantitative estimate of drug-likeness (QED) is 0.740. The zero-order valence-electron chi connectivity index (χ0n) is 13.5. The predicted octanol–water partition coefficient (Wildman–Crippen LogP) is 3.06. The van der Waals surface area contributed by atoms with Gasteiger partial charge in [0, 0.05) is 6.54 Å². The number of carbonyl (C=O) groups is 2. The standard InChI is InChI=1S/C16H16F3N3O3/c1-9-7-13(10(2)25-9)14(23)21-22-15(24)20-8-11-3-5-12(6-4-11)16(17,18)19/h3-7H,8H2,1-2H3,(H,21,23)(H2,20,22,24). The average Bonchev–Trinajstić information content (AvgIpc) is 2.88. The number of urea groups is 1. The summed E-state index contributed by atoms with van der Waals surface area (Å²) in [7, 11) is 0. The van der Waals surface area contributed by atoms with E-state index in [0.29, 0.717) is 22.6 Å². The first-order valence-corrected chi connectivity index (χ1v) is 7.24. The highest BCUT2D eigenvalue weighted by Crippen LogP contribution is 2.29. The fraction of sp³-hybridized carbons (Fsp3) is 0.250. The number of furan rings is 1. The van der Waals surface area contributed by atoms with E-state index < -0.39 is 23.7 Å². The summed E-state index contributed by atoms with van der Waals surface area (Å²) in [5.41, 5.74) is 4.37. The Labute approximate surface area is 141 Å². The zero-order valence-corrected chi connectivity index (χ0v) is 13.5. The van der Waals surface area contributed by atoms with E-state index in [1.165, 1.54) is 18.2 Å². The molecule has 0 saturated carbocycles. The van der Waals surface area contributed by atoms with Crippen LogP contribution in [-0.2, 0) is 12.7 Å². The van der Waals surface area contributed by atoms with Crippen LogP contribution in [0.2, 0.25) is 0 Å². The maximum absolute atomic E-state index is 12.5. The van der Waals surface area contributed by atoms with Crippen molar-refractivity contribution in [3.63, 3.8) is 0 Å². The second-order valence-electron chi connectivity index (χ2n) is 5.28. The van der Waals surface area contributed by atoms with Crippen LogP contribution in [0.1, 0.15) is 33.0 Å². The number of hydrazine groups is 1. The van der Waals surface area contributed by atoms with Crippen LogP contribution in [0.4, 0.5) is 18.0 Å². The summed E-state index contributed by atoms with van der Waals surface area (Å²) in [4.78, 5) is 23.5. The molecule has 2 rings (SSSR count). The minimum atomic E-state index is -4.41. The Morgan fingerprint density at radius 3 is 2.24 bits per heavy atom. The van der Waals surface area contributed by atoms with Gasteiger partial charge in [0.2, 0.25) is 0 Å². The van der Waals surface area contributed by atoms with Crippen LogP contribution < -0.4 is 16.2 Å². The number of carbonyl (C=O) groups excluding carboxylic acids is 2. The van der Waals surface area contributed by atoms with Gasteiger partial charge in [-0.15, -0.1) is 0 Å². The molecule has 0 unspecified atom stereocenters. The van der Waals surface area contributed by atoms with Crippen molar-refractivity contribution in [1.29, 1.82) is 0 Å². The summed E-state index contributed by atoms with van der Waals surface area (Å²) < 4.78 is 42.6. The van der Waals surface area contributed by atoms with E-state index in [-0.39, 0.29) is 6.54 Å². The molecule has 0 aliphatic heterocycles. The molecule has 3 amide bonds. The smallest absolute Gasteiger partial charge is 0.416 e. The molecule has 25 heavy (non-hydrogen) atoms. The largest absolute Gasteiger partial charge is 0.466 e. The molecule has 0 aliphatic rings. The molecule has 0 spiro atoms. The molecular weight excluding hydrogens is 339 g/mol. The number of aryl methyl sites for hydroxylation is 2. The van der Waals surface area contributed by atoms with Crippen LogP contribution >= 0.6 is 0 Å². The minimum Gasteiger partial charge on any atom is -0.466 e. The summed E-state index contributed by atoms with van der Waals surface area (Å²) >= 11 is 0. The van der Waals surface area contributed by atoms with Gasteiger partial charge in [-0.3, -0.25) is 10.2 Å². The van der Waals surface area contributed by atoms with Crippen molar-refractivity contribution in [3.8, 4) is 0 Å². The fourth-order valence-corrected chi connectivity index (χ4v) is 2.08. The highest BCUT2D eigenvalue weighted by atomic mass is 19.4. The van der Waals surface area contributed by atoms with Gasteiger partial charge in [-0.1, -0.05) is 12.1 Å². The molecular formula is C16H16F3N3O3. The second kappa shape index (κ2) is 7.29. The van der Waals surface area contributed by atoms with Crippen LogP contribution in [0, 0.1) is 13.8 Å². The molecule has 6 nitrogen and oxygen atoms in total. The van der Waals surface area contributed by atoms with Gasteiger partial charge in [0.1, 0.15) is 11.5 Å². The van der Waals surface area contributed by atoms with Gasteiger partial charge in [-0.25, -0.2) is 10.2 Å². The SMILES string of the molecule is Cc1cc(C(=O)NNC(=O)NCc2ccc(C(F)(F)F)cc2)c(C)o1. The molecule has 0 saturated heterocycles. The molecule has 2 aromatic rings. The number of rotatable bonds is 3. The first-order valence-electron chi connectivity index (χ1n) is 7.24. The van der Waals surface area contributed by atoms with Gasteiger partial charge in [0.05, 0.1) is 11.1 Å². The number of alkyl halides is 3. The molecule has 0 bridgehead atoms. The fourth-order valence-electron chi connectivity index (χ4n) is 2.08. The lowest BCUT2D eigenvalue weighted by molar-refractivity contribution is -0.137. The monoisotopic (exact) mass is 355 g/mol. The van der Waals surface area contributed by atoms with Gasteiger partial charge < -0.3 is 9.73 Å². The maximum Gasteiger partial charge on any atom is 0.416 e. The molecule has 9 heteroatoms. The Morgan fingerprint density at radius 2 is 1.72 bits per heavy atom. The van der Waals surface area contributed by atoms with Crippen molar-refractivity contribution in [1.82, 2.24) is 16.2 Å². The molecule has 3 N–H and O–H groups in total. The molecule has 0 aliphatic carbocycles. The molecule has 1 heterocycles. The number of amides is 3. The lowest BCUT2D eigenvalue weighted by atomic mass is 10.1. The number of nitrogens with one attached hydrogen (secondary N) is 3. The Bertz CT molecular complexity index is 767. The van der Waals surface area contributed by atoms with E-state index in [1.54, 1.807) is 13.8 Å². The van der Waals surface area contributed by atoms with Crippen molar-refractivity contribution in [2.24, 2.45) is 0 Å². The van der Waals surface area contributed by atoms with Gasteiger partial charge in [0.25, 0.3) is 5.91 Å². The first-order chi connectivity index (χ1) is 11.7. The van der Waals surface area contributed by atoms with E-state index >= 15 is 0 Å². The van der Waals surface area contributed by atoms with E-state index in [9.17, 15) is 22.8 Å². The third kappa shape index (κ3) is 5.00. The number of hydrogen-bond donors (Lipinski definition) is 3. The van der Waals surface area contributed by atoms with Crippen molar-refractivity contribution in [3.05, 3.63) is 58.5 Å². The third-order valence-electron chi connectivity index (χ3n) is 3.31. The second-order valence-corrected chi connectivity index (χ2v) is 5.28. The van der Waals surface area contributed by atoms with Crippen molar-refractivity contribution in [2.45, 2.75) is 26.6 Å². The lowest BCUT2D eigenvalue weighted by Crippen LogP contribution is -2.46. The zero-order chi connectivity index (χ0) is 18.6. The van der Waals surface area contributed by atoms with Crippen LogP contribution in [0.15, 0.2) is 34.7 Å². The molecule has 134 valence electrons. The van der Waals surface area contributed by atoms with E-state index in [4.69, 9.17) is 4.42 Å². The molecule has 0 atom stereocenters. The Kier molecular flexibility index (Phi) is 5.35. The number of benzene rings is 1. The molecule has 1 aromatic carbocycles. The van der Waals surface area contributed by atoms with Crippen LogP contribution in [0.3, 0.4) is 0 Å². The summed E-state index contributed by atoms with van der Waals surface area (Å²) in [6.07, 6.45) is -4.41. The van der Waals surface area contributed by atoms with E-state index in [2.05, 4.69) is 16.2 Å².